The molecule has 1 aliphatic rings. The summed E-state index contributed by atoms with van der Waals surface area (Å²) in [5.41, 5.74) is 1.59. The summed E-state index contributed by atoms with van der Waals surface area (Å²) < 4.78 is 0. The highest BCUT2D eigenvalue weighted by atomic mass is 16.2. The maximum Gasteiger partial charge on any atom is 0.245 e. The second kappa shape index (κ2) is 4.49. The van der Waals surface area contributed by atoms with Crippen LogP contribution in [0.4, 0.5) is 5.82 Å². The zero-order valence-corrected chi connectivity index (χ0v) is 10.7. The van der Waals surface area contributed by atoms with E-state index in [0.717, 1.165) is 37.1 Å². The average molecular weight is 236 g/mol. The molecule has 1 aliphatic heterocycles. The van der Waals surface area contributed by atoms with Crippen molar-refractivity contribution in [1.29, 1.82) is 0 Å². The molecule has 0 aromatic carbocycles. The third kappa shape index (κ3) is 2.07. The SMILES string of the molecule is CCC1(C(=O)Nc2n[nH]c(C)c2C)CCCN1. The third-order valence-electron chi connectivity index (χ3n) is 3.77. The number of rotatable bonds is 3. The summed E-state index contributed by atoms with van der Waals surface area (Å²) in [6.45, 7) is 6.86. The van der Waals surface area contributed by atoms with E-state index in [4.69, 9.17) is 0 Å². The average Bonchev–Trinajstić information content (AvgIpc) is 2.92. The number of nitrogens with zero attached hydrogens (tertiary/aromatic N) is 1. The van der Waals surface area contributed by atoms with Gasteiger partial charge < -0.3 is 10.6 Å². The lowest BCUT2D eigenvalue weighted by Crippen LogP contribution is -2.50. The van der Waals surface area contributed by atoms with Crippen LogP contribution in [0.25, 0.3) is 0 Å². The first kappa shape index (κ1) is 12.1. The third-order valence-corrected chi connectivity index (χ3v) is 3.77. The van der Waals surface area contributed by atoms with Gasteiger partial charge in [0.2, 0.25) is 5.91 Å². The number of hydrogen-bond acceptors (Lipinski definition) is 3. The van der Waals surface area contributed by atoms with Crippen molar-refractivity contribution in [1.82, 2.24) is 15.5 Å². The van der Waals surface area contributed by atoms with Crippen molar-refractivity contribution in [2.24, 2.45) is 0 Å². The van der Waals surface area contributed by atoms with Gasteiger partial charge >= 0.3 is 0 Å². The molecule has 3 N–H and O–H groups in total. The molecule has 1 saturated heterocycles. The summed E-state index contributed by atoms with van der Waals surface area (Å²) in [6.07, 6.45) is 2.76. The number of aromatic nitrogens is 2. The highest BCUT2D eigenvalue weighted by molar-refractivity contribution is 5.98. The van der Waals surface area contributed by atoms with Crippen LogP contribution in [0, 0.1) is 13.8 Å². The fourth-order valence-corrected chi connectivity index (χ4v) is 2.30. The van der Waals surface area contributed by atoms with E-state index in [1.807, 2.05) is 20.8 Å². The van der Waals surface area contributed by atoms with E-state index in [9.17, 15) is 4.79 Å². The highest BCUT2D eigenvalue weighted by Gasteiger charge is 2.39. The van der Waals surface area contributed by atoms with E-state index in [2.05, 4.69) is 20.8 Å². The molecule has 0 saturated carbocycles. The van der Waals surface area contributed by atoms with E-state index >= 15 is 0 Å². The van der Waals surface area contributed by atoms with Crippen molar-refractivity contribution in [2.75, 3.05) is 11.9 Å². The molecule has 2 rings (SSSR count). The van der Waals surface area contributed by atoms with E-state index in [0.29, 0.717) is 5.82 Å². The normalized spacial score (nSPS) is 23.9. The quantitative estimate of drug-likeness (QED) is 0.745. The lowest BCUT2D eigenvalue weighted by Gasteiger charge is -2.26. The highest BCUT2D eigenvalue weighted by Crippen LogP contribution is 2.25. The number of anilines is 1. The Kier molecular flexibility index (Phi) is 3.19. The summed E-state index contributed by atoms with van der Waals surface area (Å²) in [4.78, 5) is 12.3. The van der Waals surface area contributed by atoms with Gasteiger partial charge in [-0.05, 0) is 39.7 Å². The van der Waals surface area contributed by atoms with Gasteiger partial charge in [0, 0.05) is 11.3 Å². The van der Waals surface area contributed by atoms with Crippen molar-refractivity contribution in [3.63, 3.8) is 0 Å². The number of carbonyl (C=O) groups is 1. The number of aromatic amines is 1. The van der Waals surface area contributed by atoms with Gasteiger partial charge in [0.1, 0.15) is 0 Å². The van der Waals surface area contributed by atoms with Gasteiger partial charge in [0.25, 0.3) is 0 Å². The van der Waals surface area contributed by atoms with Crippen LogP contribution in [0.3, 0.4) is 0 Å². The fourth-order valence-electron chi connectivity index (χ4n) is 2.30. The van der Waals surface area contributed by atoms with Crippen LogP contribution < -0.4 is 10.6 Å². The summed E-state index contributed by atoms with van der Waals surface area (Å²) in [5, 5.41) is 13.2. The fraction of sp³-hybridized carbons (Fsp3) is 0.667. The summed E-state index contributed by atoms with van der Waals surface area (Å²) in [5.74, 6) is 0.682. The summed E-state index contributed by atoms with van der Waals surface area (Å²) >= 11 is 0. The topological polar surface area (TPSA) is 69.8 Å². The molecular weight excluding hydrogens is 216 g/mol. The predicted molar refractivity (Wildman–Crippen MR) is 67.0 cm³/mol. The summed E-state index contributed by atoms with van der Waals surface area (Å²) in [6, 6.07) is 0. The molecule has 1 unspecified atom stereocenters. The smallest absolute Gasteiger partial charge is 0.245 e. The number of aryl methyl sites for hydroxylation is 1. The molecule has 94 valence electrons. The number of nitrogens with one attached hydrogen (secondary N) is 3. The molecule has 1 atom stereocenters. The maximum atomic E-state index is 12.3. The Morgan fingerprint density at radius 3 is 2.76 bits per heavy atom. The van der Waals surface area contributed by atoms with E-state index in [-0.39, 0.29) is 5.91 Å². The van der Waals surface area contributed by atoms with Crippen molar-refractivity contribution >= 4 is 11.7 Å². The Balaban J connectivity index is 2.13. The van der Waals surface area contributed by atoms with Gasteiger partial charge in [-0.2, -0.15) is 5.10 Å². The zero-order valence-electron chi connectivity index (χ0n) is 10.7. The Morgan fingerprint density at radius 1 is 1.53 bits per heavy atom. The molecule has 5 heteroatoms. The molecule has 0 radical (unpaired) electrons. The predicted octanol–water partition coefficient (Wildman–Crippen LogP) is 1.50. The van der Waals surface area contributed by atoms with Crippen molar-refractivity contribution in [2.45, 2.75) is 45.6 Å². The second-order valence-corrected chi connectivity index (χ2v) is 4.74. The maximum absolute atomic E-state index is 12.3. The summed E-state index contributed by atoms with van der Waals surface area (Å²) in [7, 11) is 0. The minimum atomic E-state index is -0.403. The molecule has 0 aliphatic carbocycles. The molecule has 1 aromatic rings. The van der Waals surface area contributed by atoms with Gasteiger partial charge in [0.15, 0.2) is 5.82 Å². The van der Waals surface area contributed by atoms with E-state index < -0.39 is 5.54 Å². The molecule has 1 amide bonds. The molecule has 5 nitrogen and oxygen atoms in total. The minimum Gasteiger partial charge on any atom is -0.307 e. The van der Waals surface area contributed by atoms with Crippen molar-refractivity contribution in [3.8, 4) is 0 Å². The molecule has 0 spiro atoms. The first-order valence-corrected chi connectivity index (χ1v) is 6.17. The molecule has 1 aromatic heterocycles. The van der Waals surface area contributed by atoms with Crippen LogP contribution in [0.5, 0.6) is 0 Å². The van der Waals surface area contributed by atoms with Crippen LogP contribution >= 0.6 is 0 Å². The first-order valence-electron chi connectivity index (χ1n) is 6.17. The zero-order chi connectivity index (χ0) is 12.5. The van der Waals surface area contributed by atoms with Crippen LogP contribution in [0.15, 0.2) is 0 Å². The number of carbonyl (C=O) groups excluding carboxylic acids is 1. The number of hydrogen-bond donors (Lipinski definition) is 3. The Labute approximate surface area is 101 Å². The van der Waals surface area contributed by atoms with Gasteiger partial charge in [-0.3, -0.25) is 9.89 Å². The molecule has 2 heterocycles. The second-order valence-electron chi connectivity index (χ2n) is 4.74. The largest absolute Gasteiger partial charge is 0.307 e. The van der Waals surface area contributed by atoms with Crippen molar-refractivity contribution in [3.05, 3.63) is 11.3 Å². The lowest BCUT2D eigenvalue weighted by atomic mass is 9.93. The van der Waals surface area contributed by atoms with E-state index in [1.54, 1.807) is 0 Å². The lowest BCUT2D eigenvalue weighted by molar-refractivity contribution is -0.122. The van der Waals surface area contributed by atoms with E-state index in [1.165, 1.54) is 0 Å². The first-order chi connectivity index (χ1) is 8.09. The standard InChI is InChI=1S/C12H20N4O/c1-4-12(6-5-7-13-12)11(17)14-10-8(2)9(3)15-16-10/h13H,4-7H2,1-3H3,(H2,14,15,16,17). The van der Waals surface area contributed by atoms with Crippen molar-refractivity contribution < 1.29 is 4.79 Å². The van der Waals surface area contributed by atoms with Crippen LogP contribution in [-0.2, 0) is 4.79 Å². The molecule has 0 bridgehead atoms. The Morgan fingerprint density at radius 2 is 2.29 bits per heavy atom. The van der Waals surface area contributed by atoms with Gasteiger partial charge in [-0.25, -0.2) is 0 Å². The van der Waals surface area contributed by atoms with Crippen LogP contribution in [0.2, 0.25) is 0 Å². The molecule has 17 heavy (non-hydrogen) atoms. The molecular formula is C12H20N4O. The Bertz CT molecular complexity index is 418. The van der Waals surface area contributed by atoms with Crippen LogP contribution in [0.1, 0.15) is 37.4 Å². The molecule has 1 fully saturated rings. The minimum absolute atomic E-state index is 0.0344. The van der Waals surface area contributed by atoms with Gasteiger partial charge in [-0.15, -0.1) is 0 Å². The van der Waals surface area contributed by atoms with Gasteiger partial charge in [0.05, 0.1) is 5.54 Å². The number of H-pyrrole nitrogens is 1. The Hall–Kier alpha value is -1.36. The monoisotopic (exact) mass is 236 g/mol. The van der Waals surface area contributed by atoms with Crippen LogP contribution in [-0.4, -0.2) is 28.2 Å². The number of amides is 1. The van der Waals surface area contributed by atoms with Gasteiger partial charge in [-0.1, -0.05) is 6.92 Å².